The molecule has 0 amide bonds. The standard InChI is InChI=1S/2C6H12O.C5H9O3P.9CH4.3O2P2/c2*1-4-5(2)6(3)7;1-3-4(2)5(6)8-9-7;;;;;;;;;;3*1-3-4-2/h2*5H,4H2,1-3H3;4H,3H2,1-2H3;9*1H4;;;. The van der Waals surface area contributed by atoms with Crippen molar-refractivity contribution in [2.75, 3.05) is 0 Å². The SMILES string of the molecule is C.C.C.C.C.C.C.C.C.CCC(C)C(=O)OP=O.CCC(C)C(C)=O.CCC(C)C(C)=O.O=PP=O.O=PP=O.O=PP=O. The molecule has 0 heterocycles. The molecular weight excluding hydrogens is 705 g/mol. The Labute approximate surface area is 284 Å². The monoisotopic (exact) mass is 774 g/mol. The number of Topliss-reactive ketones (excluding diaryl/α,β-unsaturated/α-hetero) is 2. The van der Waals surface area contributed by atoms with E-state index in [4.69, 9.17) is 27.4 Å². The van der Waals surface area contributed by atoms with Crippen LogP contribution in [0.5, 0.6) is 0 Å². The Hall–Kier alpha value is -0.490. The van der Waals surface area contributed by atoms with Gasteiger partial charge in [0, 0.05) is 11.8 Å². The lowest BCUT2D eigenvalue weighted by Crippen LogP contribution is -2.08. The minimum Gasteiger partial charge on any atom is -0.373 e. The lowest BCUT2D eigenvalue weighted by Gasteiger charge is -2.00. The molecule has 3 atom stereocenters. The van der Waals surface area contributed by atoms with Gasteiger partial charge in [0.25, 0.3) is 48.9 Å². The van der Waals surface area contributed by atoms with Crippen LogP contribution in [0.25, 0.3) is 0 Å². The van der Waals surface area contributed by atoms with Crippen LogP contribution in [0.4, 0.5) is 0 Å². The van der Waals surface area contributed by atoms with Gasteiger partial charge >= 0.3 is 14.7 Å². The second kappa shape index (κ2) is 90.1. The minimum absolute atomic E-state index is 0. The largest absolute Gasteiger partial charge is 0.398 e. The summed E-state index contributed by atoms with van der Waals surface area (Å²) in [5, 5.41) is 0. The Balaban J connectivity index is -0.0000000174. The minimum atomic E-state index is -0.556. The van der Waals surface area contributed by atoms with E-state index < -0.39 is 14.7 Å². The van der Waals surface area contributed by atoms with Crippen LogP contribution in [0.3, 0.4) is 0 Å². The summed E-state index contributed by atoms with van der Waals surface area (Å²) in [7, 11) is -2.57. The first-order valence-corrected chi connectivity index (χ1v) is 17.5. The molecule has 0 N–H and O–H groups in total. The second-order valence-corrected chi connectivity index (χ2v) is 10.4. The van der Waals surface area contributed by atoms with Crippen molar-refractivity contribution in [2.45, 2.75) is 141 Å². The van der Waals surface area contributed by atoms with E-state index in [1.807, 2.05) is 34.6 Å². The molecule has 0 aromatic rings. The van der Waals surface area contributed by atoms with E-state index in [0.29, 0.717) is 18.0 Å². The first kappa shape index (κ1) is 96.7. The molecule has 0 aromatic carbocycles. The van der Waals surface area contributed by atoms with Crippen LogP contribution in [0.15, 0.2) is 0 Å². The van der Waals surface area contributed by atoms with Gasteiger partial charge in [-0.15, -0.1) is 0 Å². The maximum absolute atomic E-state index is 10.5. The van der Waals surface area contributed by atoms with Crippen LogP contribution in [-0.4, -0.2) is 17.5 Å². The van der Waals surface area contributed by atoms with Gasteiger partial charge in [-0.2, -0.15) is 0 Å². The number of rotatable bonds is 10. The Morgan fingerprint density at radius 1 is 0.455 bits per heavy atom. The first-order chi connectivity index (χ1) is 16.3. The molecule has 0 aliphatic rings. The number of carbonyl (C=O) groups is 3. The molecule has 44 heavy (non-hydrogen) atoms. The molecule has 0 rings (SSSR count). The summed E-state index contributed by atoms with van der Waals surface area (Å²) in [4.78, 5) is 31.3. The Morgan fingerprint density at radius 3 is 0.705 bits per heavy atom. The van der Waals surface area contributed by atoms with Crippen molar-refractivity contribution in [3.05, 3.63) is 0 Å². The van der Waals surface area contributed by atoms with Crippen molar-refractivity contribution in [3.63, 3.8) is 0 Å². The highest BCUT2D eigenvalue weighted by Gasteiger charge is 2.11. The van der Waals surface area contributed by atoms with Crippen molar-refractivity contribution in [1.29, 1.82) is 0 Å². The van der Waals surface area contributed by atoms with Crippen LogP contribution in [0.2, 0.25) is 0 Å². The Kier molecular flexibility index (Phi) is 198. The lowest BCUT2D eigenvalue weighted by atomic mass is 10.1. The topological polar surface area (TPSA) is 180 Å². The summed E-state index contributed by atoms with van der Waals surface area (Å²) in [6, 6.07) is 0. The molecule has 0 bridgehead atoms. The van der Waals surface area contributed by atoms with E-state index in [1.54, 1.807) is 20.8 Å². The highest BCUT2D eigenvalue weighted by atomic mass is 32.0. The third-order valence-electron chi connectivity index (χ3n) is 3.85. The average Bonchev–Trinajstić information content (AvgIpc) is 2.88. The zero-order chi connectivity index (χ0) is 29.2. The fourth-order valence-electron chi connectivity index (χ4n) is 0.868. The van der Waals surface area contributed by atoms with E-state index in [9.17, 15) is 18.9 Å². The summed E-state index contributed by atoms with van der Waals surface area (Å²) in [5.41, 5.74) is 0. The van der Waals surface area contributed by atoms with Gasteiger partial charge in [-0.05, 0) is 33.1 Å². The van der Waals surface area contributed by atoms with Crippen molar-refractivity contribution in [2.24, 2.45) is 17.8 Å². The number of hydrogen-bond acceptors (Lipinski definition) is 11. The molecule has 0 saturated heterocycles. The molecule has 0 aromatic heterocycles. The number of ketones is 2. The third-order valence-corrected chi connectivity index (χ3v) is 4.91. The van der Waals surface area contributed by atoms with Gasteiger partial charge in [0.05, 0.1) is 5.92 Å². The maximum Gasteiger partial charge on any atom is 0.398 e. The number of hydrogen-bond donors (Lipinski definition) is 0. The molecule has 0 aliphatic heterocycles. The van der Waals surface area contributed by atoms with Crippen molar-refractivity contribution < 1.29 is 50.9 Å². The average molecular weight is 775 g/mol. The molecule has 0 radical (unpaired) electrons. The van der Waals surface area contributed by atoms with E-state index in [2.05, 4.69) is 4.52 Å². The first-order valence-electron chi connectivity index (χ1n) is 9.82. The Morgan fingerprint density at radius 2 is 0.636 bits per heavy atom. The van der Waals surface area contributed by atoms with E-state index >= 15 is 0 Å². The van der Waals surface area contributed by atoms with E-state index in [0.717, 1.165) is 12.8 Å². The molecule has 11 nitrogen and oxygen atoms in total. The van der Waals surface area contributed by atoms with Gasteiger partial charge < -0.3 is 4.52 Å². The van der Waals surface area contributed by atoms with E-state index in [-0.39, 0.29) is 133 Å². The van der Waals surface area contributed by atoms with Crippen molar-refractivity contribution in [1.82, 2.24) is 0 Å². The van der Waals surface area contributed by atoms with Gasteiger partial charge in [0.1, 0.15) is 11.6 Å². The number of carbonyl (C=O) groups excluding carboxylic acids is 3. The van der Waals surface area contributed by atoms with E-state index in [1.165, 1.54) is 0 Å². The smallest absolute Gasteiger partial charge is 0.373 e. The quantitative estimate of drug-likeness (QED) is 0.193. The van der Waals surface area contributed by atoms with Crippen molar-refractivity contribution >= 4 is 75.1 Å². The molecule has 274 valence electrons. The summed E-state index contributed by atoms with van der Waals surface area (Å²) < 4.78 is 67.5. The predicted molar refractivity (Wildman–Crippen MR) is 200 cm³/mol. The summed E-state index contributed by atoms with van der Waals surface area (Å²) >= 11 is 0. The lowest BCUT2D eigenvalue weighted by molar-refractivity contribution is -0.137. The molecule has 0 saturated carbocycles. The normalized spacial score (nSPS) is 9.45. The molecular formula is C26H69O11P7. The maximum atomic E-state index is 10.5. The van der Waals surface area contributed by atoms with Gasteiger partial charge in [0.2, 0.25) is 0 Å². The molecule has 0 spiro atoms. The zero-order valence-electron chi connectivity index (χ0n) is 21.0. The van der Waals surface area contributed by atoms with Crippen LogP contribution in [-0.2, 0) is 50.9 Å². The van der Waals surface area contributed by atoms with Crippen LogP contribution >= 0.6 is 57.6 Å². The highest BCUT2D eigenvalue weighted by molar-refractivity contribution is 7.99. The summed E-state index contributed by atoms with van der Waals surface area (Å²) in [5.74, 6) is 0.561. The van der Waals surface area contributed by atoms with Gasteiger partial charge in [-0.3, -0.25) is 41.8 Å². The van der Waals surface area contributed by atoms with Crippen LogP contribution in [0.1, 0.15) is 141 Å². The molecule has 18 heteroatoms. The van der Waals surface area contributed by atoms with Gasteiger partial charge in [0.15, 0.2) is 0 Å². The summed E-state index contributed by atoms with van der Waals surface area (Å²) in [6.07, 6.45) is 2.65. The van der Waals surface area contributed by atoms with Gasteiger partial charge in [-0.25, -0.2) is 4.57 Å². The fourth-order valence-corrected chi connectivity index (χ4v) is 1.12. The Bertz CT molecular complexity index is 561. The molecule has 3 unspecified atom stereocenters. The third kappa shape index (κ3) is 123. The molecule has 0 aliphatic carbocycles. The van der Waals surface area contributed by atoms with Crippen LogP contribution in [0, 0.1) is 17.8 Å². The van der Waals surface area contributed by atoms with Crippen molar-refractivity contribution in [3.8, 4) is 0 Å². The molecule has 0 fully saturated rings. The predicted octanol–water partition coefficient (Wildman–Crippen LogP) is 15.2. The fraction of sp³-hybridized carbons (Fsp3) is 0.885. The zero-order valence-corrected chi connectivity index (χ0v) is 27.2. The summed E-state index contributed by atoms with van der Waals surface area (Å²) in [6.45, 7) is 14.8. The second-order valence-electron chi connectivity index (χ2n) is 6.12. The van der Waals surface area contributed by atoms with Crippen LogP contribution < -0.4 is 0 Å². The van der Waals surface area contributed by atoms with Gasteiger partial charge in [-0.1, -0.05) is 108 Å². The highest BCUT2D eigenvalue weighted by Crippen LogP contribution is 2.10.